The maximum atomic E-state index is 11.9. The molecule has 0 saturated heterocycles. The SMILES string of the molecule is C[C@@H]1CCC[C@H](C(=O)OCc2cnn(C)c2)C1. The molecule has 2 atom stereocenters. The molecule has 1 saturated carbocycles. The lowest BCUT2D eigenvalue weighted by Gasteiger charge is -2.24. The first-order valence-electron chi connectivity index (χ1n) is 6.29. The first-order valence-corrected chi connectivity index (χ1v) is 6.29. The van der Waals surface area contributed by atoms with E-state index in [4.69, 9.17) is 4.74 Å². The Bertz CT molecular complexity index is 387. The summed E-state index contributed by atoms with van der Waals surface area (Å²) in [7, 11) is 1.86. The summed E-state index contributed by atoms with van der Waals surface area (Å²) >= 11 is 0. The van der Waals surface area contributed by atoms with Crippen LogP contribution in [0.3, 0.4) is 0 Å². The van der Waals surface area contributed by atoms with Gasteiger partial charge in [0.05, 0.1) is 12.1 Å². The first kappa shape index (κ1) is 12.1. The van der Waals surface area contributed by atoms with Gasteiger partial charge in [0, 0.05) is 18.8 Å². The van der Waals surface area contributed by atoms with E-state index in [1.807, 2.05) is 13.2 Å². The number of nitrogens with zero attached hydrogens (tertiary/aromatic N) is 2. The number of aromatic nitrogens is 2. The van der Waals surface area contributed by atoms with Gasteiger partial charge >= 0.3 is 5.97 Å². The van der Waals surface area contributed by atoms with Crippen LogP contribution in [0.4, 0.5) is 0 Å². The maximum Gasteiger partial charge on any atom is 0.309 e. The van der Waals surface area contributed by atoms with Crippen LogP contribution in [-0.2, 0) is 23.2 Å². The molecule has 0 radical (unpaired) electrons. The second kappa shape index (κ2) is 5.34. The molecule has 1 aromatic heterocycles. The Morgan fingerprint density at radius 2 is 2.41 bits per heavy atom. The van der Waals surface area contributed by atoms with E-state index in [9.17, 15) is 4.79 Å². The Morgan fingerprint density at radius 3 is 3.06 bits per heavy atom. The average Bonchev–Trinajstić information content (AvgIpc) is 2.72. The predicted octanol–water partition coefficient (Wildman–Crippen LogP) is 2.29. The summed E-state index contributed by atoms with van der Waals surface area (Å²) < 4.78 is 7.05. The minimum absolute atomic E-state index is 0.0413. The summed E-state index contributed by atoms with van der Waals surface area (Å²) in [5.41, 5.74) is 0.949. The fraction of sp³-hybridized carbons (Fsp3) is 0.692. The smallest absolute Gasteiger partial charge is 0.309 e. The zero-order valence-electron chi connectivity index (χ0n) is 10.6. The summed E-state index contributed by atoms with van der Waals surface area (Å²) in [5, 5.41) is 4.04. The lowest BCUT2D eigenvalue weighted by molar-refractivity contribution is -0.151. The second-order valence-corrected chi connectivity index (χ2v) is 5.10. The largest absolute Gasteiger partial charge is 0.460 e. The number of rotatable bonds is 3. The van der Waals surface area contributed by atoms with Crippen molar-refractivity contribution in [3.05, 3.63) is 18.0 Å². The Labute approximate surface area is 102 Å². The van der Waals surface area contributed by atoms with Gasteiger partial charge in [0.2, 0.25) is 0 Å². The third-order valence-electron chi connectivity index (χ3n) is 3.41. The van der Waals surface area contributed by atoms with Gasteiger partial charge in [-0.05, 0) is 18.8 Å². The van der Waals surface area contributed by atoms with Crippen LogP contribution in [0.25, 0.3) is 0 Å². The third kappa shape index (κ3) is 3.32. The van der Waals surface area contributed by atoms with E-state index in [1.165, 1.54) is 6.42 Å². The van der Waals surface area contributed by atoms with E-state index in [0.29, 0.717) is 12.5 Å². The van der Waals surface area contributed by atoms with Gasteiger partial charge in [-0.3, -0.25) is 9.48 Å². The Kier molecular flexibility index (Phi) is 3.82. The highest BCUT2D eigenvalue weighted by Gasteiger charge is 2.26. The number of carbonyl (C=O) groups excluding carboxylic acids is 1. The van der Waals surface area contributed by atoms with Crippen LogP contribution in [-0.4, -0.2) is 15.7 Å². The van der Waals surface area contributed by atoms with Gasteiger partial charge in [0.25, 0.3) is 0 Å². The molecule has 4 nitrogen and oxygen atoms in total. The van der Waals surface area contributed by atoms with Crippen LogP contribution in [0.2, 0.25) is 0 Å². The average molecular weight is 236 g/mol. The van der Waals surface area contributed by atoms with Gasteiger partial charge in [-0.1, -0.05) is 19.8 Å². The maximum absolute atomic E-state index is 11.9. The summed E-state index contributed by atoms with van der Waals surface area (Å²) in [6.07, 6.45) is 7.95. The number of esters is 1. The number of aryl methyl sites for hydroxylation is 1. The molecule has 0 amide bonds. The summed E-state index contributed by atoms with van der Waals surface area (Å²) in [4.78, 5) is 11.9. The van der Waals surface area contributed by atoms with Crippen molar-refractivity contribution in [2.45, 2.75) is 39.2 Å². The van der Waals surface area contributed by atoms with E-state index in [2.05, 4.69) is 12.0 Å². The van der Waals surface area contributed by atoms with Gasteiger partial charge in [-0.25, -0.2) is 0 Å². The van der Waals surface area contributed by atoms with Crippen molar-refractivity contribution in [3.63, 3.8) is 0 Å². The molecule has 1 aliphatic carbocycles. The lowest BCUT2D eigenvalue weighted by atomic mass is 9.82. The molecule has 0 aromatic carbocycles. The molecule has 94 valence electrons. The molecule has 0 spiro atoms. The first-order chi connectivity index (χ1) is 8.15. The molecule has 1 fully saturated rings. The Morgan fingerprint density at radius 1 is 1.59 bits per heavy atom. The van der Waals surface area contributed by atoms with Crippen molar-refractivity contribution in [2.75, 3.05) is 0 Å². The molecular formula is C13H20N2O2. The van der Waals surface area contributed by atoms with Gasteiger partial charge in [0.1, 0.15) is 6.61 Å². The molecule has 0 N–H and O–H groups in total. The van der Waals surface area contributed by atoms with Crippen molar-refractivity contribution >= 4 is 5.97 Å². The van der Waals surface area contributed by atoms with Crippen molar-refractivity contribution < 1.29 is 9.53 Å². The summed E-state index contributed by atoms with van der Waals surface area (Å²) in [6, 6.07) is 0. The zero-order valence-corrected chi connectivity index (χ0v) is 10.6. The molecule has 0 bridgehead atoms. The zero-order chi connectivity index (χ0) is 12.3. The van der Waals surface area contributed by atoms with Crippen LogP contribution in [0, 0.1) is 11.8 Å². The van der Waals surface area contributed by atoms with Crippen molar-refractivity contribution in [1.82, 2.24) is 9.78 Å². The molecule has 1 aliphatic rings. The van der Waals surface area contributed by atoms with Crippen LogP contribution in [0.1, 0.15) is 38.2 Å². The quantitative estimate of drug-likeness (QED) is 0.756. The molecule has 0 unspecified atom stereocenters. The topological polar surface area (TPSA) is 44.1 Å². The van der Waals surface area contributed by atoms with Gasteiger partial charge < -0.3 is 4.74 Å². The summed E-state index contributed by atoms with van der Waals surface area (Å²) in [6.45, 7) is 2.55. The van der Waals surface area contributed by atoms with Crippen molar-refractivity contribution in [1.29, 1.82) is 0 Å². The van der Waals surface area contributed by atoms with Crippen LogP contribution in [0.15, 0.2) is 12.4 Å². The highest BCUT2D eigenvalue weighted by Crippen LogP contribution is 2.29. The van der Waals surface area contributed by atoms with Crippen molar-refractivity contribution in [3.8, 4) is 0 Å². The lowest BCUT2D eigenvalue weighted by Crippen LogP contribution is -2.23. The highest BCUT2D eigenvalue weighted by molar-refractivity contribution is 5.72. The van der Waals surface area contributed by atoms with E-state index in [0.717, 1.165) is 24.8 Å². The molecule has 0 aliphatic heterocycles. The van der Waals surface area contributed by atoms with Gasteiger partial charge in [-0.2, -0.15) is 5.10 Å². The standard InChI is InChI=1S/C13H20N2O2/c1-10-4-3-5-12(6-10)13(16)17-9-11-7-14-15(2)8-11/h7-8,10,12H,3-6,9H2,1-2H3/t10-,12+/m1/s1. The van der Waals surface area contributed by atoms with Gasteiger partial charge in [0.15, 0.2) is 0 Å². The molecular weight excluding hydrogens is 216 g/mol. The molecule has 4 heteroatoms. The summed E-state index contributed by atoms with van der Waals surface area (Å²) in [5.74, 6) is 0.718. The Balaban J connectivity index is 1.80. The third-order valence-corrected chi connectivity index (χ3v) is 3.41. The normalized spacial score (nSPS) is 24.6. The minimum atomic E-state index is -0.0413. The monoisotopic (exact) mass is 236 g/mol. The fourth-order valence-electron chi connectivity index (χ4n) is 2.47. The minimum Gasteiger partial charge on any atom is -0.460 e. The Hall–Kier alpha value is -1.32. The van der Waals surface area contributed by atoms with Crippen LogP contribution in [0.5, 0.6) is 0 Å². The number of ether oxygens (including phenoxy) is 1. The highest BCUT2D eigenvalue weighted by atomic mass is 16.5. The van der Waals surface area contributed by atoms with Crippen molar-refractivity contribution in [2.24, 2.45) is 18.9 Å². The van der Waals surface area contributed by atoms with E-state index < -0.39 is 0 Å². The molecule has 17 heavy (non-hydrogen) atoms. The number of hydrogen-bond donors (Lipinski definition) is 0. The predicted molar refractivity (Wildman–Crippen MR) is 64.1 cm³/mol. The number of hydrogen-bond acceptors (Lipinski definition) is 3. The fourth-order valence-corrected chi connectivity index (χ4v) is 2.47. The number of carbonyl (C=O) groups is 1. The van der Waals surface area contributed by atoms with E-state index in [1.54, 1.807) is 10.9 Å². The van der Waals surface area contributed by atoms with E-state index >= 15 is 0 Å². The van der Waals surface area contributed by atoms with Gasteiger partial charge in [-0.15, -0.1) is 0 Å². The van der Waals surface area contributed by atoms with Crippen LogP contribution >= 0.6 is 0 Å². The second-order valence-electron chi connectivity index (χ2n) is 5.10. The molecule has 1 heterocycles. The molecule has 2 rings (SSSR count). The van der Waals surface area contributed by atoms with Crippen LogP contribution < -0.4 is 0 Å². The van der Waals surface area contributed by atoms with E-state index in [-0.39, 0.29) is 11.9 Å². The molecule has 1 aromatic rings.